The highest BCUT2D eigenvalue weighted by Crippen LogP contribution is 2.51. The van der Waals surface area contributed by atoms with Gasteiger partial charge in [-0.3, -0.25) is 0 Å². The molecule has 0 spiro atoms. The Kier molecular flexibility index (Phi) is 17.5. The Bertz CT molecular complexity index is 7230. The normalized spacial score (nSPS) is 12.5. The fourth-order valence-corrected chi connectivity index (χ4v) is 20.0. The maximum absolute atomic E-state index is 6.04. The average Bonchev–Trinajstić information content (AvgIpc) is 1.09. The molecule has 3 aliphatic rings. The molecule has 0 radical (unpaired) electrons. The van der Waals surface area contributed by atoms with E-state index >= 15 is 0 Å². The molecule has 21 rings (SSSR count). The zero-order chi connectivity index (χ0) is 79.6. The number of hydrogen-bond acceptors (Lipinski definition) is 2. The summed E-state index contributed by atoms with van der Waals surface area (Å²) in [7, 11) is 0. The Balaban J connectivity index is 0.926. The van der Waals surface area contributed by atoms with E-state index in [-0.39, 0.29) is 0 Å². The second kappa shape index (κ2) is 28.9. The monoisotopic (exact) mass is 1520 g/mol. The molecule has 8 aromatic heterocycles. The van der Waals surface area contributed by atoms with E-state index in [2.05, 4.69) is 389 Å². The number of hydrogen-bond donors (Lipinski definition) is 6. The van der Waals surface area contributed by atoms with Crippen LogP contribution in [0, 0.1) is 48.6 Å². The van der Waals surface area contributed by atoms with E-state index in [1.165, 1.54) is 65.4 Å². The summed E-state index contributed by atoms with van der Waals surface area (Å²) in [5.41, 5.74) is 47.7. The Labute approximate surface area is 685 Å². The third-order valence-corrected chi connectivity index (χ3v) is 25.4. The predicted octanol–water partition coefficient (Wildman–Crippen LogP) is 27.8. The van der Waals surface area contributed by atoms with E-state index in [0.717, 1.165) is 226 Å². The van der Waals surface area contributed by atoms with Crippen LogP contribution in [0.2, 0.25) is 0 Å². The number of nitrogens with one attached hydrogen (secondary N) is 6. The summed E-state index contributed by atoms with van der Waals surface area (Å²) >= 11 is 0. The molecule has 118 heavy (non-hydrogen) atoms. The van der Waals surface area contributed by atoms with E-state index in [9.17, 15) is 0 Å². The Morgan fingerprint density at radius 2 is 0.466 bits per heavy atom. The molecule has 0 saturated heterocycles. The SMILES string of the molecule is CCc1c(C)c2[nH]c1cc1nc(c3[nH]c(cc4[nH]c(c(C)c4CC)c2-c2cccc4c2=c2c(-c5c6[nH]c(cc7nc(c8[nH]c(cc9[nH]c5c(C)c9CC)c(-c5ccccc5)c8-c5ccccc5)C(c5ccccc5)=C7c5ccccc5)c(CC)c6C)cccc2=4)c(-c2ccccc2)c3-c2ccccc2)C(c2ccccc2)=C1c1ccccc1. The molecular formula is C110H88N8. The number of aromatic nitrogens is 8. The van der Waals surface area contributed by atoms with Crippen molar-refractivity contribution < 1.29 is 0 Å². The molecule has 1 aliphatic carbocycles. The molecule has 16 bridgehead atoms. The van der Waals surface area contributed by atoms with Crippen LogP contribution in [-0.4, -0.2) is 39.9 Å². The van der Waals surface area contributed by atoms with Gasteiger partial charge in [0.1, 0.15) is 0 Å². The van der Waals surface area contributed by atoms with E-state index < -0.39 is 0 Å². The molecule has 10 aromatic carbocycles. The summed E-state index contributed by atoms with van der Waals surface area (Å²) < 4.78 is 0. The van der Waals surface area contributed by atoms with Crippen molar-refractivity contribution in [3.63, 3.8) is 0 Å². The third-order valence-electron chi connectivity index (χ3n) is 25.4. The smallest absolute Gasteiger partial charge is 0.0963 e. The van der Waals surface area contributed by atoms with Gasteiger partial charge in [0.15, 0.2) is 0 Å². The minimum Gasteiger partial charge on any atom is -0.354 e. The summed E-state index contributed by atoms with van der Waals surface area (Å²) in [6.07, 6.45) is 3.13. The van der Waals surface area contributed by atoms with Crippen LogP contribution in [0.3, 0.4) is 0 Å². The lowest BCUT2D eigenvalue weighted by Crippen LogP contribution is -1.99. The average molecular weight is 1520 g/mol. The van der Waals surface area contributed by atoms with Crippen LogP contribution >= 0.6 is 0 Å². The van der Waals surface area contributed by atoms with Gasteiger partial charge in [-0.05, 0) is 199 Å². The summed E-state index contributed by atoms with van der Waals surface area (Å²) in [6.45, 7) is 18.6. The van der Waals surface area contributed by atoms with Crippen LogP contribution in [0.4, 0.5) is 0 Å². The van der Waals surface area contributed by atoms with Crippen LogP contribution in [0.5, 0.6) is 0 Å². The second-order valence-electron chi connectivity index (χ2n) is 31.7. The molecule has 568 valence electrons. The molecule has 8 heteroatoms. The van der Waals surface area contributed by atoms with Crippen molar-refractivity contribution in [2.75, 3.05) is 0 Å². The quantitative estimate of drug-likeness (QED) is 0.0650. The topological polar surface area (TPSA) is 121 Å². The second-order valence-corrected chi connectivity index (χ2v) is 31.7. The highest BCUT2D eigenvalue weighted by Gasteiger charge is 2.33. The van der Waals surface area contributed by atoms with Crippen LogP contribution in [0.1, 0.15) is 117 Å². The van der Waals surface area contributed by atoms with Gasteiger partial charge >= 0.3 is 0 Å². The minimum absolute atomic E-state index is 0.780. The first-order valence-corrected chi connectivity index (χ1v) is 41.7. The molecule has 10 heterocycles. The van der Waals surface area contributed by atoms with Gasteiger partial charge < -0.3 is 29.9 Å². The fraction of sp³-hybridized carbons (Fsp3) is 0.109. The van der Waals surface area contributed by atoms with Crippen molar-refractivity contribution in [1.29, 1.82) is 0 Å². The van der Waals surface area contributed by atoms with Crippen molar-refractivity contribution in [2.24, 2.45) is 0 Å². The van der Waals surface area contributed by atoms with E-state index in [1.807, 2.05) is 0 Å². The summed E-state index contributed by atoms with van der Waals surface area (Å²) in [6, 6.07) is 111. The molecule has 0 atom stereocenters. The lowest BCUT2D eigenvalue weighted by atomic mass is 9.87. The molecule has 0 amide bonds. The van der Waals surface area contributed by atoms with Gasteiger partial charge in [0, 0.05) is 88.8 Å². The summed E-state index contributed by atoms with van der Waals surface area (Å²) in [4.78, 5) is 37.8. The number of nitrogens with zero attached hydrogens (tertiary/aromatic N) is 2. The van der Waals surface area contributed by atoms with Gasteiger partial charge in [-0.2, -0.15) is 0 Å². The summed E-state index contributed by atoms with van der Waals surface area (Å²) in [5.74, 6) is 0. The van der Waals surface area contributed by atoms with Crippen LogP contribution in [0.15, 0.2) is 303 Å². The first kappa shape index (κ1) is 71.4. The Hall–Kier alpha value is -14.3. The molecule has 0 saturated carbocycles. The highest BCUT2D eigenvalue weighted by molar-refractivity contribution is 6.16. The first-order valence-electron chi connectivity index (χ1n) is 41.7. The zero-order valence-electron chi connectivity index (χ0n) is 67.6. The van der Waals surface area contributed by atoms with Gasteiger partial charge in [0.05, 0.1) is 55.9 Å². The van der Waals surface area contributed by atoms with Crippen LogP contribution in [-0.2, 0) is 25.7 Å². The minimum atomic E-state index is 0.780. The molecule has 18 aromatic rings. The number of benzene rings is 10. The molecule has 0 fully saturated rings. The maximum Gasteiger partial charge on any atom is 0.0963 e. The lowest BCUT2D eigenvalue weighted by molar-refractivity contribution is 1.14. The van der Waals surface area contributed by atoms with E-state index in [1.54, 1.807) is 0 Å². The van der Waals surface area contributed by atoms with Gasteiger partial charge in [0.2, 0.25) is 0 Å². The van der Waals surface area contributed by atoms with Crippen LogP contribution in [0.25, 0.3) is 155 Å². The van der Waals surface area contributed by atoms with E-state index in [0.29, 0.717) is 0 Å². The van der Waals surface area contributed by atoms with Crippen molar-refractivity contribution >= 4 is 88.5 Å². The zero-order valence-corrected chi connectivity index (χ0v) is 67.6. The molecule has 6 N–H and O–H groups in total. The van der Waals surface area contributed by atoms with Gasteiger partial charge in [-0.15, -0.1) is 0 Å². The summed E-state index contributed by atoms with van der Waals surface area (Å²) in [5, 5.41) is 4.85. The largest absolute Gasteiger partial charge is 0.354 e. The van der Waals surface area contributed by atoms with Crippen molar-refractivity contribution in [3.8, 4) is 66.8 Å². The number of H-pyrrole nitrogens is 6. The lowest BCUT2D eigenvalue weighted by Gasteiger charge is -2.16. The predicted molar refractivity (Wildman–Crippen MR) is 493 cm³/mol. The Morgan fingerprint density at radius 3 is 0.746 bits per heavy atom. The maximum atomic E-state index is 6.04. The Morgan fingerprint density at radius 1 is 0.220 bits per heavy atom. The van der Waals surface area contributed by atoms with Crippen LogP contribution < -0.4 is 0 Å². The number of aryl methyl sites for hydroxylation is 8. The first-order chi connectivity index (χ1) is 58.1. The number of rotatable bonds is 14. The van der Waals surface area contributed by atoms with E-state index in [4.69, 9.17) is 9.97 Å². The van der Waals surface area contributed by atoms with Gasteiger partial charge in [-0.1, -0.05) is 307 Å². The van der Waals surface area contributed by atoms with Crippen molar-refractivity contribution in [3.05, 3.63) is 414 Å². The standard InChI is InChI=1S/C110H88N8/c1-9-75-63(5)103-101(104-64(6)76(10-2)84(112-104)60-88-92(68-41-23-14-24-42-68)96(72-49-31-18-32-50-72)108(116-88)107-95(71-47-29-17-30-48-71)91(67-39-21-13-22-40-67)87(115-107)59-83(75)111-103)81-57-37-55-79-80-56-38-58-82(100(80)99(79)81)102-105-65(7)77(11-3)85(113-105)61-89-93(69-43-25-15-26-44-69)97(73-51-33-19-34-52-73)109(117-89)110-98(74-53-35-20-36-54-74)94(70-45-27-16-28-46-70)90(118-110)62-86-78(12-4)66(8)106(102)114-86/h13-62,111-115,117H,9-12H2,1-8H3. The fourth-order valence-electron chi connectivity index (χ4n) is 20.0. The number of fused-ring (bicyclic) bond motifs is 20. The highest BCUT2D eigenvalue weighted by atomic mass is 14.8. The van der Waals surface area contributed by atoms with Gasteiger partial charge in [0.25, 0.3) is 0 Å². The molecule has 2 aliphatic heterocycles. The van der Waals surface area contributed by atoms with Crippen molar-refractivity contribution in [2.45, 2.75) is 81.1 Å². The molecule has 0 unspecified atom stereocenters. The molecular weight excluding hydrogens is 1430 g/mol. The van der Waals surface area contributed by atoms with Crippen molar-refractivity contribution in [1.82, 2.24) is 39.9 Å². The third kappa shape index (κ3) is 11.3. The van der Waals surface area contributed by atoms with Gasteiger partial charge in [-0.25, -0.2) is 9.97 Å². The number of aromatic amines is 6. The molecule has 8 nitrogen and oxygen atoms in total.